The molecule has 0 spiro atoms. The van der Waals surface area contributed by atoms with Crippen molar-refractivity contribution in [3.8, 4) is 5.75 Å². The second-order valence-electron chi connectivity index (χ2n) is 4.99. The summed E-state index contributed by atoms with van der Waals surface area (Å²) in [5.74, 6) is 0.936. The maximum Gasteiger partial charge on any atom is 0.122 e. The number of aliphatic hydroxyl groups is 1. The number of benzene rings is 1. The molecular weight excluding hydrogens is 232 g/mol. The molecule has 0 saturated heterocycles. The summed E-state index contributed by atoms with van der Waals surface area (Å²) in [7, 11) is 1.70. The summed E-state index contributed by atoms with van der Waals surface area (Å²) in [6.45, 7) is 10.5. The van der Waals surface area contributed by atoms with Gasteiger partial charge in [-0.1, -0.05) is 0 Å². The Labute approximate surface area is 108 Å². The average Bonchev–Trinajstić information content (AvgIpc) is 2.29. The van der Waals surface area contributed by atoms with Crippen molar-refractivity contribution in [2.24, 2.45) is 0 Å². The SMILES string of the molecule is COc1cc(C)c(SC(C)(C)CO)c(C)c1C. The first-order valence-corrected chi connectivity index (χ1v) is 6.58. The van der Waals surface area contributed by atoms with Gasteiger partial charge in [0.05, 0.1) is 13.7 Å². The zero-order valence-electron chi connectivity index (χ0n) is 11.5. The van der Waals surface area contributed by atoms with Crippen molar-refractivity contribution < 1.29 is 9.84 Å². The minimum atomic E-state index is -0.156. The highest BCUT2D eigenvalue weighted by molar-refractivity contribution is 8.00. The van der Waals surface area contributed by atoms with Crippen molar-refractivity contribution >= 4 is 11.8 Å². The first-order valence-electron chi connectivity index (χ1n) is 5.77. The smallest absolute Gasteiger partial charge is 0.122 e. The molecule has 0 amide bonds. The van der Waals surface area contributed by atoms with Gasteiger partial charge in [0.1, 0.15) is 5.75 Å². The zero-order valence-corrected chi connectivity index (χ0v) is 12.4. The van der Waals surface area contributed by atoms with Crippen LogP contribution in [0, 0.1) is 20.8 Å². The predicted molar refractivity (Wildman–Crippen MR) is 74.2 cm³/mol. The van der Waals surface area contributed by atoms with Gasteiger partial charge >= 0.3 is 0 Å². The Bertz CT molecular complexity index is 411. The third-order valence-corrected chi connectivity index (χ3v) is 4.47. The molecule has 1 rings (SSSR count). The Morgan fingerprint density at radius 1 is 1.24 bits per heavy atom. The number of hydrogen-bond donors (Lipinski definition) is 1. The summed E-state index contributed by atoms with van der Waals surface area (Å²) < 4.78 is 5.20. The lowest BCUT2D eigenvalue weighted by atomic mass is 10.1. The fourth-order valence-electron chi connectivity index (χ4n) is 1.70. The third-order valence-electron chi connectivity index (χ3n) is 2.96. The van der Waals surface area contributed by atoms with E-state index in [-0.39, 0.29) is 11.4 Å². The quantitative estimate of drug-likeness (QED) is 0.834. The molecule has 0 radical (unpaired) electrons. The van der Waals surface area contributed by atoms with Gasteiger partial charge < -0.3 is 9.84 Å². The molecule has 0 atom stereocenters. The van der Waals surface area contributed by atoms with E-state index in [9.17, 15) is 5.11 Å². The van der Waals surface area contributed by atoms with Gasteiger partial charge in [0.25, 0.3) is 0 Å². The summed E-state index contributed by atoms with van der Waals surface area (Å²) in [5, 5.41) is 9.36. The third kappa shape index (κ3) is 3.17. The van der Waals surface area contributed by atoms with E-state index in [0.717, 1.165) is 5.75 Å². The van der Waals surface area contributed by atoms with Crippen molar-refractivity contribution in [3.63, 3.8) is 0 Å². The standard InChI is InChI=1S/C14H22O2S/c1-9-7-12(16-6)10(2)11(3)13(9)17-14(4,5)8-15/h7,15H,8H2,1-6H3. The van der Waals surface area contributed by atoms with E-state index in [4.69, 9.17) is 4.74 Å². The Hall–Kier alpha value is -0.670. The molecule has 0 saturated carbocycles. The van der Waals surface area contributed by atoms with Gasteiger partial charge in [-0.05, 0) is 57.4 Å². The number of aryl methyl sites for hydroxylation is 1. The van der Waals surface area contributed by atoms with Crippen LogP contribution in [0.5, 0.6) is 5.75 Å². The fourth-order valence-corrected chi connectivity index (χ4v) is 2.84. The monoisotopic (exact) mass is 254 g/mol. The normalized spacial score (nSPS) is 11.7. The van der Waals surface area contributed by atoms with Crippen molar-refractivity contribution in [2.75, 3.05) is 13.7 Å². The van der Waals surface area contributed by atoms with Crippen LogP contribution in [-0.4, -0.2) is 23.6 Å². The number of thioether (sulfide) groups is 1. The lowest BCUT2D eigenvalue weighted by Crippen LogP contribution is -2.20. The van der Waals surface area contributed by atoms with Crippen LogP contribution >= 0.6 is 11.8 Å². The first-order chi connectivity index (χ1) is 7.82. The largest absolute Gasteiger partial charge is 0.496 e. The van der Waals surface area contributed by atoms with Crippen LogP contribution in [0.3, 0.4) is 0 Å². The molecule has 0 heterocycles. The molecular formula is C14H22O2S. The number of methoxy groups -OCH3 is 1. The molecule has 3 heteroatoms. The first kappa shape index (κ1) is 14.4. The van der Waals surface area contributed by atoms with Crippen LogP contribution in [0.25, 0.3) is 0 Å². The van der Waals surface area contributed by atoms with E-state index in [1.807, 2.05) is 0 Å². The van der Waals surface area contributed by atoms with Crippen molar-refractivity contribution in [1.29, 1.82) is 0 Å². The lowest BCUT2D eigenvalue weighted by molar-refractivity contribution is 0.265. The highest BCUT2D eigenvalue weighted by atomic mass is 32.2. The van der Waals surface area contributed by atoms with Crippen LogP contribution in [-0.2, 0) is 0 Å². The van der Waals surface area contributed by atoms with Crippen molar-refractivity contribution in [3.05, 3.63) is 22.8 Å². The maximum absolute atomic E-state index is 9.36. The second-order valence-corrected chi connectivity index (χ2v) is 6.71. The Balaban J connectivity index is 3.22. The molecule has 2 nitrogen and oxygen atoms in total. The highest BCUT2D eigenvalue weighted by Crippen LogP contribution is 2.39. The molecule has 0 bridgehead atoms. The summed E-state index contributed by atoms with van der Waals surface area (Å²) in [4.78, 5) is 1.25. The number of rotatable bonds is 4. The van der Waals surface area contributed by atoms with Gasteiger partial charge in [-0.25, -0.2) is 0 Å². The molecule has 1 aromatic rings. The molecule has 1 N–H and O–H groups in total. The van der Waals surface area contributed by atoms with Gasteiger partial charge in [0.2, 0.25) is 0 Å². The molecule has 0 aliphatic heterocycles. The summed E-state index contributed by atoms with van der Waals surface area (Å²) in [6, 6.07) is 2.07. The predicted octanol–water partition coefficient (Wildman–Crippen LogP) is 3.48. The summed E-state index contributed by atoms with van der Waals surface area (Å²) in [5.41, 5.74) is 3.62. The Morgan fingerprint density at radius 2 is 1.82 bits per heavy atom. The molecule has 1 aromatic carbocycles. The van der Waals surface area contributed by atoms with Crippen LogP contribution in [0.4, 0.5) is 0 Å². The van der Waals surface area contributed by atoms with Gasteiger partial charge in [-0.3, -0.25) is 0 Å². The number of ether oxygens (including phenoxy) is 1. The Morgan fingerprint density at radius 3 is 2.29 bits per heavy atom. The maximum atomic E-state index is 9.36. The molecule has 0 aliphatic carbocycles. The fraction of sp³-hybridized carbons (Fsp3) is 0.571. The van der Waals surface area contributed by atoms with Crippen molar-refractivity contribution in [2.45, 2.75) is 44.3 Å². The second kappa shape index (κ2) is 5.32. The number of aliphatic hydroxyl groups excluding tert-OH is 1. The molecule has 0 aliphatic rings. The van der Waals surface area contributed by atoms with E-state index >= 15 is 0 Å². The van der Waals surface area contributed by atoms with Crippen molar-refractivity contribution in [1.82, 2.24) is 0 Å². The zero-order chi connectivity index (χ0) is 13.2. The molecule has 0 aromatic heterocycles. The minimum absolute atomic E-state index is 0.156. The summed E-state index contributed by atoms with van der Waals surface area (Å²) in [6.07, 6.45) is 0. The van der Waals surface area contributed by atoms with Gasteiger partial charge in [-0.2, -0.15) is 0 Å². The molecule has 0 fully saturated rings. The van der Waals surface area contributed by atoms with E-state index in [1.165, 1.54) is 21.6 Å². The summed E-state index contributed by atoms with van der Waals surface area (Å²) >= 11 is 1.73. The van der Waals surface area contributed by atoms with Crippen LogP contribution in [0.1, 0.15) is 30.5 Å². The van der Waals surface area contributed by atoms with Crippen LogP contribution < -0.4 is 4.74 Å². The highest BCUT2D eigenvalue weighted by Gasteiger charge is 2.21. The van der Waals surface area contributed by atoms with Gasteiger partial charge in [0, 0.05) is 9.64 Å². The van der Waals surface area contributed by atoms with E-state index in [2.05, 4.69) is 40.7 Å². The van der Waals surface area contributed by atoms with E-state index in [0.29, 0.717) is 0 Å². The topological polar surface area (TPSA) is 29.5 Å². The molecule has 0 unspecified atom stereocenters. The Kier molecular flexibility index (Phi) is 4.50. The van der Waals surface area contributed by atoms with E-state index < -0.39 is 0 Å². The number of hydrogen-bond acceptors (Lipinski definition) is 3. The van der Waals surface area contributed by atoms with E-state index in [1.54, 1.807) is 18.9 Å². The van der Waals surface area contributed by atoms with Crippen LogP contribution in [0.15, 0.2) is 11.0 Å². The lowest BCUT2D eigenvalue weighted by Gasteiger charge is -2.24. The average molecular weight is 254 g/mol. The van der Waals surface area contributed by atoms with Crippen LogP contribution in [0.2, 0.25) is 0 Å². The molecule has 17 heavy (non-hydrogen) atoms. The van der Waals surface area contributed by atoms with Gasteiger partial charge in [0.15, 0.2) is 0 Å². The van der Waals surface area contributed by atoms with Gasteiger partial charge in [-0.15, -0.1) is 11.8 Å². The molecule has 96 valence electrons. The minimum Gasteiger partial charge on any atom is -0.496 e.